The van der Waals surface area contributed by atoms with Crippen molar-refractivity contribution < 1.29 is 38.7 Å². The van der Waals surface area contributed by atoms with Crippen molar-refractivity contribution in [2.45, 2.75) is 81.6 Å². The van der Waals surface area contributed by atoms with Crippen LogP contribution in [0.4, 0.5) is 5.69 Å². The van der Waals surface area contributed by atoms with Gasteiger partial charge in [-0.1, -0.05) is 35.4 Å². The van der Waals surface area contributed by atoms with E-state index < -0.39 is 41.6 Å². The van der Waals surface area contributed by atoms with Crippen LogP contribution in [0, 0.1) is 0 Å². The van der Waals surface area contributed by atoms with Crippen LogP contribution in [0.25, 0.3) is 0 Å². The second-order valence-corrected chi connectivity index (χ2v) is 11.0. The number of nitrogens with zero attached hydrogens (tertiary/aromatic N) is 1. The molecule has 2 N–H and O–H groups in total. The summed E-state index contributed by atoms with van der Waals surface area (Å²) in [5, 5.41) is 22.7. The van der Waals surface area contributed by atoms with Gasteiger partial charge < -0.3 is 34.1 Å². The highest BCUT2D eigenvalue weighted by atomic mass is 35.5. The molecule has 5 unspecified atom stereocenters. The van der Waals surface area contributed by atoms with E-state index >= 15 is 0 Å². The number of allylic oxidation sites excluding steroid dienone is 3. The highest BCUT2D eigenvalue weighted by Gasteiger charge is 2.59. The van der Waals surface area contributed by atoms with E-state index in [2.05, 4.69) is 0 Å². The van der Waals surface area contributed by atoms with Gasteiger partial charge in [0.05, 0.1) is 37.8 Å². The van der Waals surface area contributed by atoms with E-state index in [0.717, 1.165) is 11.1 Å². The lowest BCUT2D eigenvalue weighted by Crippen LogP contribution is -2.51. The van der Waals surface area contributed by atoms with E-state index in [1.54, 1.807) is 26.1 Å². The Morgan fingerprint density at radius 3 is 2.66 bits per heavy atom. The summed E-state index contributed by atoms with van der Waals surface area (Å²) in [6.45, 7) is 3.68. The van der Waals surface area contributed by atoms with Gasteiger partial charge >= 0.3 is 5.97 Å². The molecule has 0 saturated carbocycles. The summed E-state index contributed by atoms with van der Waals surface area (Å²) in [7, 11) is 4.60. The number of rotatable bonds is 2. The Morgan fingerprint density at radius 1 is 1.24 bits per heavy atom. The fourth-order valence-electron chi connectivity index (χ4n) is 5.37. The van der Waals surface area contributed by atoms with Gasteiger partial charge in [0.1, 0.15) is 34.2 Å². The molecule has 1 aromatic carbocycles. The number of epoxide rings is 1. The smallest absolute Gasteiger partial charge is 0.309 e. The van der Waals surface area contributed by atoms with Gasteiger partial charge in [0.15, 0.2) is 0 Å². The first-order valence-corrected chi connectivity index (χ1v) is 13.1. The molecule has 6 atom stereocenters. The Labute approximate surface area is 227 Å². The average Bonchev–Trinajstić information content (AvgIpc) is 3.51. The molecule has 208 valence electrons. The third kappa shape index (κ3) is 5.77. The van der Waals surface area contributed by atoms with Crippen molar-refractivity contribution in [3.63, 3.8) is 0 Å². The van der Waals surface area contributed by atoms with Gasteiger partial charge in [0, 0.05) is 27.0 Å². The maximum atomic E-state index is 13.2. The molecule has 10 heteroatoms. The molecule has 0 aliphatic carbocycles. The second-order valence-electron chi connectivity index (χ2n) is 10.7. The number of amides is 1. The van der Waals surface area contributed by atoms with Crippen LogP contribution in [0.15, 0.2) is 35.9 Å². The van der Waals surface area contributed by atoms with Crippen molar-refractivity contribution in [1.82, 2.24) is 0 Å². The molecule has 3 heterocycles. The fourth-order valence-corrected chi connectivity index (χ4v) is 5.68. The predicted octanol–water partition coefficient (Wildman–Crippen LogP) is 3.12. The van der Waals surface area contributed by atoms with Crippen LogP contribution in [0.2, 0.25) is 5.02 Å². The number of methoxy groups -OCH3 is 2. The molecule has 4 rings (SSSR count). The SMILES string of the molecule is COc1cc2cc(c1Cl)N(C)C(=O)CC(O)C1(C)OC1CC1C[C@@](O)(CC(=O)O1)C(OC)/C=C/C=C(\C)C2. The quantitative estimate of drug-likeness (QED) is 0.427. The number of carbonyl (C=O) groups is 2. The molecule has 1 aromatic rings. The van der Waals surface area contributed by atoms with Crippen LogP contribution in [0.1, 0.15) is 45.1 Å². The highest BCUT2D eigenvalue weighted by molar-refractivity contribution is 6.35. The van der Waals surface area contributed by atoms with Crippen molar-refractivity contribution in [3.8, 4) is 5.75 Å². The summed E-state index contributed by atoms with van der Waals surface area (Å²) in [6, 6.07) is 3.65. The van der Waals surface area contributed by atoms with E-state index in [9.17, 15) is 19.8 Å². The molecule has 4 bridgehead atoms. The molecule has 0 aromatic heterocycles. The first-order chi connectivity index (χ1) is 17.9. The lowest BCUT2D eigenvalue weighted by molar-refractivity contribution is -0.182. The molecule has 2 fully saturated rings. The molecule has 3 aliphatic heterocycles. The molecular weight excluding hydrogens is 514 g/mol. The number of esters is 1. The van der Waals surface area contributed by atoms with E-state index in [0.29, 0.717) is 22.9 Å². The number of benzene rings is 1. The number of hydrogen-bond donors (Lipinski definition) is 2. The third-order valence-corrected chi connectivity index (χ3v) is 8.16. The molecule has 1 amide bonds. The van der Waals surface area contributed by atoms with Crippen LogP contribution in [0.5, 0.6) is 5.75 Å². The van der Waals surface area contributed by atoms with Crippen molar-refractivity contribution >= 4 is 29.2 Å². The normalized spacial score (nSPS) is 36.5. The summed E-state index contributed by atoms with van der Waals surface area (Å²) >= 11 is 6.57. The van der Waals surface area contributed by atoms with E-state index in [-0.39, 0.29) is 31.6 Å². The van der Waals surface area contributed by atoms with Crippen molar-refractivity contribution in [3.05, 3.63) is 46.5 Å². The van der Waals surface area contributed by atoms with Crippen LogP contribution in [0.3, 0.4) is 0 Å². The Kier molecular flexibility index (Phi) is 8.26. The fraction of sp³-hybridized carbons (Fsp3) is 0.571. The van der Waals surface area contributed by atoms with Crippen LogP contribution < -0.4 is 9.64 Å². The van der Waals surface area contributed by atoms with Crippen molar-refractivity contribution in [1.29, 1.82) is 0 Å². The lowest BCUT2D eigenvalue weighted by atomic mass is 9.82. The second kappa shape index (κ2) is 11.0. The zero-order chi connectivity index (χ0) is 27.8. The maximum Gasteiger partial charge on any atom is 0.309 e. The Balaban J connectivity index is 1.72. The summed E-state index contributed by atoms with van der Waals surface area (Å²) in [6.07, 6.45) is 3.07. The Hall–Kier alpha value is -2.43. The highest BCUT2D eigenvalue weighted by Crippen LogP contribution is 2.46. The number of anilines is 1. The lowest BCUT2D eigenvalue weighted by Gasteiger charge is -2.39. The number of hydrogen-bond acceptors (Lipinski definition) is 8. The number of ether oxygens (including phenoxy) is 4. The molecule has 0 radical (unpaired) electrons. The molecule has 2 saturated heterocycles. The minimum Gasteiger partial charge on any atom is -0.495 e. The van der Waals surface area contributed by atoms with E-state index in [4.69, 9.17) is 30.5 Å². The standard InChI is InChI=1S/C28H36ClNO8/c1-16-7-6-8-22(36-5)28(34)14-18(37-25(33)15-28)12-23-27(2,38-23)21(31)13-24(32)30(3)19-10-17(9-16)11-20(35-4)26(19)29/h6-8,10-11,18,21-23,31,34H,9,12-15H2,1-5H3/b8-6+,16-7+/t18?,21?,22?,23?,27?,28-/m1/s1. The minimum atomic E-state index is -1.46. The van der Waals surface area contributed by atoms with Crippen LogP contribution in [-0.4, -0.2) is 79.0 Å². The number of aliphatic hydroxyl groups is 2. The molecular formula is C28H36ClNO8. The molecule has 3 aliphatic rings. The number of fused-ring (bicyclic) bond motifs is 5. The van der Waals surface area contributed by atoms with Crippen molar-refractivity contribution in [2.24, 2.45) is 0 Å². The largest absolute Gasteiger partial charge is 0.495 e. The zero-order valence-corrected chi connectivity index (χ0v) is 23.2. The number of halogens is 1. The zero-order valence-electron chi connectivity index (χ0n) is 22.4. The first kappa shape index (κ1) is 28.6. The van der Waals surface area contributed by atoms with Crippen LogP contribution in [-0.2, 0) is 30.2 Å². The average molecular weight is 550 g/mol. The molecule has 9 nitrogen and oxygen atoms in total. The van der Waals surface area contributed by atoms with Gasteiger partial charge in [-0.25, -0.2) is 0 Å². The Morgan fingerprint density at radius 2 is 1.97 bits per heavy atom. The Bertz CT molecular complexity index is 1150. The van der Waals surface area contributed by atoms with Crippen LogP contribution >= 0.6 is 11.6 Å². The number of carbonyl (C=O) groups excluding carboxylic acids is 2. The van der Waals surface area contributed by atoms with E-state index in [1.165, 1.54) is 19.1 Å². The summed E-state index contributed by atoms with van der Waals surface area (Å²) in [5.74, 6) is -0.435. The van der Waals surface area contributed by atoms with E-state index in [1.807, 2.05) is 25.1 Å². The summed E-state index contributed by atoms with van der Waals surface area (Å²) in [5.41, 5.74) is -0.116. The van der Waals surface area contributed by atoms with Gasteiger partial charge in [-0.3, -0.25) is 9.59 Å². The van der Waals surface area contributed by atoms with Gasteiger partial charge in [-0.05, 0) is 38.0 Å². The molecule has 0 spiro atoms. The van der Waals surface area contributed by atoms with Gasteiger partial charge in [-0.15, -0.1) is 0 Å². The maximum absolute atomic E-state index is 13.2. The summed E-state index contributed by atoms with van der Waals surface area (Å²) in [4.78, 5) is 27.0. The number of aliphatic hydroxyl groups excluding tert-OH is 1. The summed E-state index contributed by atoms with van der Waals surface area (Å²) < 4.78 is 22.4. The van der Waals surface area contributed by atoms with Gasteiger partial charge in [0.25, 0.3) is 0 Å². The molecule has 38 heavy (non-hydrogen) atoms. The minimum absolute atomic E-state index is 0.155. The van der Waals surface area contributed by atoms with Gasteiger partial charge in [0.2, 0.25) is 5.91 Å². The third-order valence-electron chi connectivity index (χ3n) is 7.78. The topological polar surface area (TPSA) is 118 Å². The van der Waals surface area contributed by atoms with Gasteiger partial charge in [-0.2, -0.15) is 0 Å². The first-order valence-electron chi connectivity index (χ1n) is 12.7. The monoisotopic (exact) mass is 549 g/mol. The van der Waals surface area contributed by atoms with Crippen molar-refractivity contribution in [2.75, 3.05) is 26.2 Å². The predicted molar refractivity (Wildman–Crippen MR) is 141 cm³/mol.